The molecule has 9 heteroatoms. The van der Waals surface area contributed by atoms with Gasteiger partial charge in [-0.2, -0.15) is 0 Å². The van der Waals surface area contributed by atoms with Crippen LogP contribution >= 0.6 is 11.8 Å². The van der Waals surface area contributed by atoms with Gasteiger partial charge in [0.2, 0.25) is 0 Å². The molecule has 1 atom stereocenters. The Hall–Kier alpha value is -3.62. The summed E-state index contributed by atoms with van der Waals surface area (Å²) in [6.45, 7) is 3.70. The van der Waals surface area contributed by atoms with Gasteiger partial charge in [0.1, 0.15) is 28.9 Å². The molecule has 0 saturated heterocycles. The molecule has 1 unspecified atom stereocenters. The van der Waals surface area contributed by atoms with Crippen LogP contribution in [0.15, 0.2) is 60.7 Å². The van der Waals surface area contributed by atoms with E-state index < -0.39 is 17.8 Å². The van der Waals surface area contributed by atoms with Crippen molar-refractivity contribution in [1.82, 2.24) is 4.42 Å². The van der Waals surface area contributed by atoms with Crippen molar-refractivity contribution in [2.24, 2.45) is 5.73 Å². The highest BCUT2D eigenvalue weighted by Gasteiger charge is 2.29. The predicted molar refractivity (Wildman–Crippen MR) is 132 cm³/mol. The molecule has 3 aromatic rings. The number of halogens is 2. The van der Waals surface area contributed by atoms with E-state index in [2.05, 4.69) is 0 Å². The maximum Gasteiger partial charge on any atom is 0.271 e. The summed E-state index contributed by atoms with van der Waals surface area (Å²) in [5.41, 5.74) is 7.62. The van der Waals surface area contributed by atoms with E-state index in [9.17, 15) is 9.18 Å². The molecular formula is C26H27ClFN3O4. The molecule has 0 aliphatic rings. The second kappa shape index (κ2) is 11.7. The summed E-state index contributed by atoms with van der Waals surface area (Å²) in [4.78, 5) is 13.2. The van der Waals surface area contributed by atoms with Gasteiger partial charge in [0.15, 0.2) is 6.10 Å². The number of nitrogen functional groups attached to an aromatic ring is 1. The number of methoxy groups -OCH3 is 1. The number of para-hydroxylation sites is 1. The quantitative estimate of drug-likeness (QED) is 0.219. The monoisotopic (exact) mass is 499 g/mol. The van der Waals surface area contributed by atoms with Crippen LogP contribution in [-0.4, -0.2) is 29.9 Å². The Kier molecular flexibility index (Phi) is 8.68. The van der Waals surface area contributed by atoms with Crippen molar-refractivity contribution in [3.05, 3.63) is 88.7 Å². The molecule has 0 fully saturated rings. The van der Waals surface area contributed by atoms with Crippen LogP contribution in [0.25, 0.3) is 0 Å². The minimum atomic E-state index is -1.25. The fourth-order valence-corrected chi connectivity index (χ4v) is 3.62. The fraction of sp³-hybridized carbons (Fsp3) is 0.231. The van der Waals surface area contributed by atoms with E-state index in [1.54, 1.807) is 37.3 Å². The molecular weight excluding hydrogens is 473 g/mol. The van der Waals surface area contributed by atoms with Crippen LogP contribution < -0.4 is 15.2 Å². The Morgan fingerprint density at radius 3 is 2.51 bits per heavy atom. The summed E-state index contributed by atoms with van der Waals surface area (Å²) in [6, 6.07) is 16.5. The molecule has 0 saturated carbocycles. The third-order valence-electron chi connectivity index (χ3n) is 5.29. The van der Waals surface area contributed by atoms with Gasteiger partial charge in [-0.3, -0.25) is 10.2 Å². The van der Waals surface area contributed by atoms with E-state index in [1.165, 1.54) is 19.2 Å². The summed E-state index contributed by atoms with van der Waals surface area (Å²) in [5, 5.41) is 7.75. The molecule has 3 N–H and O–H groups in total. The third kappa shape index (κ3) is 6.29. The number of amides is 1. The van der Waals surface area contributed by atoms with E-state index in [0.717, 1.165) is 9.98 Å². The van der Waals surface area contributed by atoms with E-state index in [1.807, 2.05) is 25.1 Å². The van der Waals surface area contributed by atoms with Gasteiger partial charge in [-0.05, 0) is 43.7 Å². The average molecular weight is 500 g/mol. The highest BCUT2D eigenvalue weighted by molar-refractivity contribution is 6.21. The number of carbonyl (C=O) groups excluding carboxylic acids is 1. The smallest absolute Gasteiger partial charge is 0.271 e. The molecule has 184 valence electrons. The first-order chi connectivity index (χ1) is 16.7. The lowest BCUT2D eigenvalue weighted by Crippen LogP contribution is -2.30. The Labute approximate surface area is 208 Å². The van der Waals surface area contributed by atoms with Crippen LogP contribution in [0.5, 0.6) is 17.2 Å². The van der Waals surface area contributed by atoms with Gasteiger partial charge in [0.05, 0.1) is 13.7 Å². The zero-order valence-electron chi connectivity index (χ0n) is 19.7. The van der Waals surface area contributed by atoms with Crippen molar-refractivity contribution in [3.63, 3.8) is 0 Å². The Bertz CT molecular complexity index is 1220. The van der Waals surface area contributed by atoms with E-state index in [0.29, 0.717) is 28.4 Å². The predicted octanol–water partition coefficient (Wildman–Crippen LogP) is 5.48. The number of ether oxygens (including phenoxy) is 3. The molecule has 3 rings (SSSR count). The number of hydrogen-bond donors (Lipinski definition) is 2. The molecule has 35 heavy (non-hydrogen) atoms. The molecule has 0 radical (unpaired) electrons. The number of rotatable bonds is 10. The Morgan fingerprint density at radius 1 is 1.14 bits per heavy atom. The number of nitrogens with two attached hydrogens (primary N) is 1. The topological polar surface area (TPSA) is 97.9 Å². The zero-order chi connectivity index (χ0) is 25.5. The van der Waals surface area contributed by atoms with Gasteiger partial charge in [0.25, 0.3) is 5.91 Å². The van der Waals surface area contributed by atoms with E-state index in [4.69, 9.17) is 37.1 Å². The van der Waals surface area contributed by atoms with Gasteiger partial charge in [-0.1, -0.05) is 30.3 Å². The third-order valence-corrected chi connectivity index (χ3v) is 5.57. The highest BCUT2D eigenvalue weighted by Crippen LogP contribution is 2.32. The molecule has 0 aromatic heterocycles. The van der Waals surface area contributed by atoms with Crippen LogP contribution in [0, 0.1) is 18.2 Å². The maximum absolute atomic E-state index is 14.7. The molecule has 1 amide bonds. The second-order valence-corrected chi connectivity index (χ2v) is 8.09. The Balaban J connectivity index is 1.90. The van der Waals surface area contributed by atoms with Gasteiger partial charge < -0.3 is 19.9 Å². The summed E-state index contributed by atoms with van der Waals surface area (Å²) in [6.07, 6.45) is -1.25. The lowest BCUT2D eigenvalue weighted by molar-refractivity contribution is -0.139. The highest BCUT2D eigenvalue weighted by atomic mass is 35.5. The molecule has 0 heterocycles. The van der Waals surface area contributed by atoms with Gasteiger partial charge in [-0.15, -0.1) is 0 Å². The number of benzene rings is 3. The van der Waals surface area contributed by atoms with Crippen LogP contribution in [0.1, 0.15) is 35.3 Å². The zero-order valence-corrected chi connectivity index (χ0v) is 20.4. The minimum absolute atomic E-state index is 0.0478. The van der Waals surface area contributed by atoms with Gasteiger partial charge in [-0.25, -0.2) is 8.81 Å². The first kappa shape index (κ1) is 26.0. The summed E-state index contributed by atoms with van der Waals surface area (Å²) >= 11 is 6.40. The second-order valence-electron chi connectivity index (χ2n) is 7.69. The first-order valence-corrected chi connectivity index (χ1v) is 11.2. The first-order valence-electron chi connectivity index (χ1n) is 10.9. The molecule has 0 bridgehead atoms. The van der Waals surface area contributed by atoms with Crippen LogP contribution in [-0.2, 0) is 16.1 Å². The number of carbonyl (C=O) groups is 1. The summed E-state index contributed by atoms with van der Waals surface area (Å²) in [5.74, 6) is -0.106. The molecule has 7 nitrogen and oxygen atoms in total. The molecule has 0 spiro atoms. The van der Waals surface area contributed by atoms with Crippen LogP contribution in [0.4, 0.5) is 4.39 Å². The van der Waals surface area contributed by atoms with E-state index in [-0.39, 0.29) is 24.6 Å². The minimum Gasteiger partial charge on any atom is -0.497 e. The summed E-state index contributed by atoms with van der Waals surface area (Å²) < 4.78 is 32.3. The van der Waals surface area contributed by atoms with Crippen molar-refractivity contribution in [2.75, 3.05) is 13.7 Å². The number of amidine groups is 1. The number of nitrogens with one attached hydrogen (secondary N) is 1. The molecule has 0 aliphatic heterocycles. The summed E-state index contributed by atoms with van der Waals surface area (Å²) in [7, 11) is 1.42. The maximum atomic E-state index is 14.7. The van der Waals surface area contributed by atoms with Crippen LogP contribution in [0.2, 0.25) is 0 Å². The SMILES string of the molecule is CCOC(C(=O)N(Cl)Cc1ccc(C(=N)N)cc1Oc1ccccc1C)c1ccc(OC)cc1F. The fourth-order valence-electron chi connectivity index (χ4n) is 3.40. The standard InChI is InChI=1S/C26H27ClFN3O4/c1-4-34-24(20-12-11-19(33-3)14-21(20)28)26(32)31(27)15-18-10-9-17(25(29)30)13-23(18)35-22-8-6-5-7-16(22)2/h5-14,24H,4,15H2,1-3H3,(H3,29,30). The lowest BCUT2D eigenvalue weighted by Gasteiger charge is -2.23. The van der Waals surface area contributed by atoms with Crippen molar-refractivity contribution in [2.45, 2.75) is 26.5 Å². The molecule has 0 aliphatic carbocycles. The molecule has 3 aromatic carbocycles. The van der Waals surface area contributed by atoms with Gasteiger partial charge >= 0.3 is 0 Å². The normalized spacial score (nSPS) is 11.6. The number of hydrogen-bond acceptors (Lipinski definition) is 5. The van der Waals surface area contributed by atoms with Crippen LogP contribution in [0.3, 0.4) is 0 Å². The van der Waals surface area contributed by atoms with Crippen molar-refractivity contribution < 1.29 is 23.4 Å². The largest absolute Gasteiger partial charge is 0.497 e. The average Bonchev–Trinajstić information content (AvgIpc) is 2.84. The van der Waals surface area contributed by atoms with Crippen molar-refractivity contribution in [1.29, 1.82) is 5.41 Å². The lowest BCUT2D eigenvalue weighted by atomic mass is 10.1. The van der Waals surface area contributed by atoms with E-state index >= 15 is 0 Å². The number of aryl methyl sites for hydroxylation is 1. The number of nitrogens with zero attached hydrogens (tertiary/aromatic N) is 1. The van der Waals surface area contributed by atoms with Gasteiger partial charge in [0, 0.05) is 41.1 Å². The van der Waals surface area contributed by atoms with Crippen molar-refractivity contribution in [3.8, 4) is 17.2 Å². The van der Waals surface area contributed by atoms with Crippen molar-refractivity contribution >= 4 is 23.5 Å². The Morgan fingerprint density at radius 2 is 1.89 bits per heavy atom.